The molecule has 0 spiro atoms. The molecule has 2 aromatic heterocycles. The maximum atomic E-state index is 12.7. The highest BCUT2D eigenvalue weighted by molar-refractivity contribution is 5.27. The van der Waals surface area contributed by atoms with Crippen molar-refractivity contribution in [3.05, 3.63) is 48.6 Å². The summed E-state index contributed by atoms with van der Waals surface area (Å²) in [5.74, 6) is -0.714. The van der Waals surface area contributed by atoms with Crippen LogP contribution in [0.3, 0.4) is 0 Å². The summed E-state index contributed by atoms with van der Waals surface area (Å²) in [7, 11) is 0. The van der Waals surface area contributed by atoms with Crippen LogP contribution < -0.4 is 4.74 Å². The van der Waals surface area contributed by atoms with E-state index in [4.69, 9.17) is 4.74 Å². The minimum atomic E-state index is -0.656. The predicted octanol–water partition coefficient (Wildman–Crippen LogP) is 2.55. The second kappa shape index (κ2) is 4.00. The highest BCUT2D eigenvalue weighted by Crippen LogP contribution is 2.20. The minimum absolute atomic E-state index is 0.209. The van der Waals surface area contributed by atoms with Crippen LogP contribution in [-0.4, -0.2) is 9.97 Å². The van der Waals surface area contributed by atoms with Gasteiger partial charge in [-0.25, -0.2) is 9.37 Å². The Morgan fingerprint density at radius 3 is 2.67 bits per heavy atom. The number of pyridine rings is 2. The standard InChI is InChI=1S/C10H6F2N2O/c11-7-3-9(6-13-5-7)15-8-1-2-14-10(12)4-8/h1-6H. The summed E-state index contributed by atoms with van der Waals surface area (Å²) in [6.07, 6.45) is 3.65. The summed E-state index contributed by atoms with van der Waals surface area (Å²) in [4.78, 5) is 6.96. The Labute approximate surface area is 84.4 Å². The molecule has 0 saturated carbocycles. The summed E-state index contributed by atoms with van der Waals surface area (Å²) in [5.41, 5.74) is 0. The first-order valence-electron chi connectivity index (χ1n) is 4.14. The number of aromatic nitrogens is 2. The average Bonchev–Trinajstić information content (AvgIpc) is 2.17. The summed E-state index contributed by atoms with van der Waals surface area (Å²) >= 11 is 0. The molecule has 5 heteroatoms. The second-order valence-electron chi connectivity index (χ2n) is 2.76. The number of hydrogen-bond acceptors (Lipinski definition) is 3. The molecule has 15 heavy (non-hydrogen) atoms. The number of halogens is 2. The van der Waals surface area contributed by atoms with Crippen molar-refractivity contribution in [2.45, 2.75) is 0 Å². The molecule has 0 aliphatic rings. The Kier molecular flexibility index (Phi) is 2.53. The van der Waals surface area contributed by atoms with Crippen molar-refractivity contribution in [2.75, 3.05) is 0 Å². The van der Waals surface area contributed by atoms with Gasteiger partial charge in [-0.15, -0.1) is 0 Å². The van der Waals surface area contributed by atoms with Crippen LogP contribution >= 0.6 is 0 Å². The van der Waals surface area contributed by atoms with Gasteiger partial charge in [0.25, 0.3) is 0 Å². The van der Waals surface area contributed by atoms with Gasteiger partial charge in [-0.3, -0.25) is 4.98 Å². The Hall–Kier alpha value is -2.04. The molecule has 3 nitrogen and oxygen atoms in total. The molecule has 0 fully saturated rings. The number of hydrogen-bond donors (Lipinski definition) is 0. The van der Waals surface area contributed by atoms with Crippen molar-refractivity contribution in [3.63, 3.8) is 0 Å². The molecule has 2 heterocycles. The zero-order valence-electron chi connectivity index (χ0n) is 7.52. The van der Waals surface area contributed by atoms with Gasteiger partial charge in [-0.2, -0.15) is 4.39 Å². The molecule has 0 aromatic carbocycles. The van der Waals surface area contributed by atoms with Crippen LogP contribution in [0.4, 0.5) is 8.78 Å². The largest absolute Gasteiger partial charge is 0.455 e. The third-order valence-corrected chi connectivity index (χ3v) is 1.61. The minimum Gasteiger partial charge on any atom is -0.455 e. The van der Waals surface area contributed by atoms with Gasteiger partial charge >= 0.3 is 0 Å². The van der Waals surface area contributed by atoms with Crippen LogP contribution in [0.5, 0.6) is 11.5 Å². The lowest BCUT2D eigenvalue weighted by Gasteiger charge is -2.04. The monoisotopic (exact) mass is 208 g/mol. The van der Waals surface area contributed by atoms with Gasteiger partial charge in [0.05, 0.1) is 12.4 Å². The van der Waals surface area contributed by atoms with Gasteiger partial charge in [-0.1, -0.05) is 0 Å². The van der Waals surface area contributed by atoms with Crippen molar-refractivity contribution in [2.24, 2.45) is 0 Å². The van der Waals surface area contributed by atoms with Gasteiger partial charge in [0.1, 0.15) is 17.3 Å². The molecule has 2 aromatic rings. The van der Waals surface area contributed by atoms with Crippen LogP contribution in [0, 0.1) is 11.8 Å². The van der Waals surface area contributed by atoms with Crippen molar-refractivity contribution >= 4 is 0 Å². The van der Waals surface area contributed by atoms with E-state index in [9.17, 15) is 8.78 Å². The molecular weight excluding hydrogens is 202 g/mol. The Morgan fingerprint density at radius 1 is 1.07 bits per heavy atom. The fourth-order valence-electron chi connectivity index (χ4n) is 1.03. The normalized spacial score (nSPS) is 10.0. The van der Waals surface area contributed by atoms with Crippen molar-refractivity contribution in [1.82, 2.24) is 9.97 Å². The van der Waals surface area contributed by atoms with Gasteiger partial charge in [0.15, 0.2) is 0 Å². The molecule has 0 radical (unpaired) electrons. The molecule has 0 amide bonds. The van der Waals surface area contributed by atoms with Crippen LogP contribution in [-0.2, 0) is 0 Å². The first kappa shape index (κ1) is 9.51. The highest BCUT2D eigenvalue weighted by atomic mass is 19.1. The Morgan fingerprint density at radius 2 is 1.93 bits per heavy atom. The Balaban J connectivity index is 2.22. The van der Waals surface area contributed by atoms with E-state index in [1.165, 1.54) is 18.5 Å². The number of nitrogens with zero attached hydrogens (tertiary/aromatic N) is 2. The zero-order valence-corrected chi connectivity index (χ0v) is 7.52. The van der Waals surface area contributed by atoms with Gasteiger partial charge in [0.2, 0.25) is 5.95 Å². The molecule has 0 aliphatic carbocycles. The molecule has 2 rings (SSSR count). The number of rotatable bonds is 2. The van der Waals surface area contributed by atoms with E-state index in [2.05, 4.69) is 9.97 Å². The summed E-state index contributed by atoms with van der Waals surface area (Å²) in [5, 5.41) is 0. The van der Waals surface area contributed by atoms with Gasteiger partial charge in [-0.05, 0) is 6.07 Å². The lowest BCUT2D eigenvalue weighted by Crippen LogP contribution is -1.88. The third kappa shape index (κ3) is 2.46. The molecule has 0 atom stereocenters. The first-order chi connectivity index (χ1) is 7.24. The smallest absolute Gasteiger partial charge is 0.216 e. The molecule has 0 unspecified atom stereocenters. The quantitative estimate of drug-likeness (QED) is 0.711. The van der Waals surface area contributed by atoms with Crippen LogP contribution in [0.25, 0.3) is 0 Å². The van der Waals surface area contributed by atoms with E-state index in [1.807, 2.05) is 0 Å². The maximum absolute atomic E-state index is 12.7. The van der Waals surface area contributed by atoms with E-state index in [0.717, 1.165) is 18.3 Å². The zero-order chi connectivity index (χ0) is 10.7. The average molecular weight is 208 g/mol. The summed E-state index contributed by atoms with van der Waals surface area (Å²) in [6, 6.07) is 3.73. The first-order valence-corrected chi connectivity index (χ1v) is 4.14. The maximum Gasteiger partial charge on any atom is 0.216 e. The second-order valence-corrected chi connectivity index (χ2v) is 2.76. The van der Waals surface area contributed by atoms with E-state index < -0.39 is 11.8 Å². The molecule has 76 valence electrons. The van der Waals surface area contributed by atoms with Crippen molar-refractivity contribution in [1.29, 1.82) is 0 Å². The highest BCUT2D eigenvalue weighted by Gasteiger charge is 2.00. The van der Waals surface area contributed by atoms with Crippen LogP contribution in [0.15, 0.2) is 36.8 Å². The summed E-state index contributed by atoms with van der Waals surface area (Å²) in [6.45, 7) is 0. The predicted molar refractivity (Wildman–Crippen MR) is 48.5 cm³/mol. The van der Waals surface area contributed by atoms with E-state index in [0.29, 0.717) is 0 Å². The topological polar surface area (TPSA) is 35.0 Å². The SMILES string of the molecule is Fc1cncc(Oc2ccnc(F)c2)c1. The third-order valence-electron chi connectivity index (χ3n) is 1.61. The molecule has 0 N–H and O–H groups in total. The lowest BCUT2D eigenvalue weighted by molar-refractivity contribution is 0.464. The molecular formula is C10H6F2N2O. The molecule has 0 bridgehead atoms. The van der Waals surface area contributed by atoms with E-state index >= 15 is 0 Å². The Bertz CT molecular complexity index is 433. The van der Waals surface area contributed by atoms with Crippen molar-refractivity contribution < 1.29 is 13.5 Å². The van der Waals surface area contributed by atoms with Gasteiger partial charge in [0, 0.05) is 18.3 Å². The summed E-state index contributed by atoms with van der Waals surface area (Å²) < 4.78 is 30.5. The molecule has 0 aliphatic heterocycles. The van der Waals surface area contributed by atoms with Crippen molar-refractivity contribution in [3.8, 4) is 11.5 Å². The van der Waals surface area contributed by atoms with Crippen LogP contribution in [0.1, 0.15) is 0 Å². The fraction of sp³-hybridized carbons (Fsp3) is 0. The number of ether oxygens (including phenoxy) is 1. The van der Waals surface area contributed by atoms with E-state index in [-0.39, 0.29) is 11.5 Å². The fourth-order valence-corrected chi connectivity index (χ4v) is 1.03. The van der Waals surface area contributed by atoms with Gasteiger partial charge < -0.3 is 4.74 Å². The molecule has 0 saturated heterocycles. The van der Waals surface area contributed by atoms with Crippen LogP contribution in [0.2, 0.25) is 0 Å². The lowest BCUT2D eigenvalue weighted by atomic mass is 10.4. The van der Waals surface area contributed by atoms with E-state index in [1.54, 1.807) is 0 Å².